The van der Waals surface area contributed by atoms with Gasteiger partial charge in [-0.3, -0.25) is 9.69 Å². The SMILES string of the molecule is CCc1ccc2[nH]c(=O)c(C(c3nnnn3C3CCCCC3)N3CCN(c4cc(C)ccc4C)CC3)cc2c1. The quantitative estimate of drug-likeness (QED) is 0.377. The van der Waals surface area contributed by atoms with Crippen molar-refractivity contribution >= 4 is 16.6 Å². The molecule has 1 unspecified atom stereocenters. The van der Waals surface area contributed by atoms with Gasteiger partial charge in [0, 0.05) is 42.9 Å². The summed E-state index contributed by atoms with van der Waals surface area (Å²) < 4.78 is 2.03. The Balaban J connectivity index is 1.39. The minimum absolute atomic E-state index is 0.0631. The van der Waals surface area contributed by atoms with Crippen molar-refractivity contribution in [3.05, 3.63) is 80.9 Å². The number of piperazine rings is 1. The average molecular weight is 526 g/mol. The number of anilines is 1. The van der Waals surface area contributed by atoms with Crippen LogP contribution < -0.4 is 10.5 Å². The topological polar surface area (TPSA) is 82.9 Å². The molecule has 1 saturated heterocycles. The molecule has 1 aliphatic carbocycles. The molecule has 2 fully saturated rings. The minimum Gasteiger partial charge on any atom is -0.369 e. The third kappa shape index (κ3) is 5.10. The van der Waals surface area contributed by atoms with Gasteiger partial charge < -0.3 is 9.88 Å². The Morgan fingerprint density at radius 2 is 1.77 bits per heavy atom. The number of aromatic nitrogens is 5. The molecule has 0 radical (unpaired) electrons. The van der Waals surface area contributed by atoms with Crippen LogP contribution in [-0.4, -0.2) is 56.3 Å². The van der Waals surface area contributed by atoms with Crippen LogP contribution >= 0.6 is 0 Å². The highest BCUT2D eigenvalue weighted by molar-refractivity contribution is 5.80. The molecule has 204 valence electrons. The van der Waals surface area contributed by atoms with E-state index in [2.05, 4.69) is 87.5 Å². The molecule has 1 N–H and O–H groups in total. The number of nitrogens with zero attached hydrogens (tertiary/aromatic N) is 6. The molecule has 1 aliphatic heterocycles. The Morgan fingerprint density at radius 3 is 2.54 bits per heavy atom. The maximum atomic E-state index is 13.7. The van der Waals surface area contributed by atoms with Gasteiger partial charge in [0.1, 0.15) is 6.04 Å². The first-order valence-electron chi connectivity index (χ1n) is 14.5. The average Bonchev–Trinajstić information content (AvgIpc) is 3.45. The number of tetrazole rings is 1. The molecule has 2 aliphatic rings. The lowest BCUT2D eigenvalue weighted by molar-refractivity contribution is 0.192. The van der Waals surface area contributed by atoms with Gasteiger partial charge in [0.15, 0.2) is 5.82 Å². The maximum absolute atomic E-state index is 13.7. The number of rotatable bonds is 6. The zero-order chi connectivity index (χ0) is 26.9. The van der Waals surface area contributed by atoms with Crippen molar-refractivity contribution in [1.29, 1.82) is 0 Å². The van der Waals surface area contributed by atoms with E-state index in [-0.39, 0.29) is 17.6 Å². The first-order valence-corrected chi connectivity index (χ1v) is 14.5. The molecule has 3 heterocycles. The molecule has 1 saturated carbocycles. The fourth-order valence-electron chi connectivity index (χ4n) is 6.44. The number of aromatic amines is 1. The first-order chi connectivity index (χ1) is 19.0. The summed E-state index contributed by atoms with van der Waals surface area (Å²) in [6.07, 6.45) is 6.77. The highest BCUT2D eigenvalue weighted by Crippen LogP contribution is 2.34. The normalized spacial score (nSPS) is 18.1. The van der Waals surface area contributed by atoms with Crippen molar-refractivity contribution in [2.24, 2.45) is 0 Å². The van der Waals surface area contributed by atoms with E-state index in [0.717, 1.165) is 67.7 Å². The highest BCUT2D eigenvalue weighted by Gasteiger charge is 2.34. The summed E-state index contributed by atoms with van der Waals surface area (Å²) in [5.74, 6) is 0.790. The standard InChI is InChI=1S/C31H39N7O/c1-4-23-12-13-27-24(19-23)20-26(31(39)32-27)29(30-33-34-35-38(30)25-8-6-5-7-9-25)37-16-14-36(15-17-37)28-18-21(2)10-11-22(28)3/h10-13,18-20,25,29H,4-9,14-17H2,1-3H3,(H,32,39). The third-order valence-electron chi connectivity index (χ3n) is 8.71. The summed E-state index contributed by atoms with van der Waals surface area (Å²) in [7, 11) is 0. The lowest BCUT2D eigenvalue weighted by Crippen LogP contribution is -2.49. The van der Waals surface area contributed by atoms with Crippen molar-refractivity contribution in [3.63, 3.8) is 0 Å². The van der Waals surface area contributed by atoms with Crippen molar-refractivity contribution in [2.45, 2.75) is 71.4 Å². The molecule has 8 nitrogen and oxygen atoms in total. The fourth-order valence-corrected chi connectivity index (χ4v) is 6.44. The zero-order valence-corrected chi connectivity index (χ0v) is 23.4. The number of H-pyrrole nitrogens is 1. The van der Waals surface area contributed by atoms with Crippen molar-refractivity contribution in [2.75, 3.05) is 31.1 Å². The summed E-state index contributed by atoms with van der Waals surface area (Å²) in [6.45, 7) is 9.90. The summed E-state index contributed by atoms with van der Waals surface area (Å²) in [5, 5.41) is 14.3. The van der Waals surface area contributed by atoms with Crippen LogP contribution in [0.5, 0.6) is 0 Å². The largest absolute Gasteiger partial charge is 0.369 e. The van der Waals surface area contributed by atoms with Crippen molar-refractivity contribution in [1.82, 2.24) is 30.1 Å². The van der Waals surface area contributed by atoms with Crippen LogP contribution in [0.4, 0.5) is 5.69 Å². The Labute approximate surface area is 230 Å². The Hall–Kier alpha value is -3.52. The van der Waals surface area contributed by atoms with Crippen LogP contribution in [0.25, 0.3) is 10.9 Å². The molecule has 0 spiro atoms. The Morgan fingerprint density at radius 1 is 0.974 bits per heavy atom. The molecular weight excluding hydrogens is 486 g/mol. The second-order valence-electron chi connectivity index (χ2n) is 11.3. The molecule has 1 atom stereocenters. The number of hydrogen-bond acceptors (Lipinski definition) is 6. The number of pyridine rings is 1. The number of benzene rings is 2. The number of hydrogen-bond donors (Lipinski definition) is 1. The Bertz CT molecular complexity index is 1510. The molecule has 0 bridgehead atoms. The third-order valence-corrected chi connectivity index (χ3v) is 8.71. The molecule has 2 aromatic carbocycles. The lowest BCUT2D eigenvalue weighted by atomic mass is 9.95. The van der Waals surface area contributed by atoms with E-state index in [1.165, 1.54) is 41.6 Å². The fraction of sp³-hybridized carbons (Fsp3) is 0.484. The smallest absolute Gasteiger partial charge is 0.253 e. The van der Waals surface area contributed by atoms with E-state index < -0.39 is 0 Å². The van der Waals surface area contributed by atoms with Gasteiger partial charge in [0.25, 0.3) is 5.56 Å². The number of aryl methyl sites for hydroxylation is 3. The van der Waals surface area contributed by atoms with Crippen LogP contribution in [0.15, 0.2) is 47.3 Å². The molecule has 6 rings (SSSR count). The van der Waals surface area contributed by atoms with Crippen LogP contribution in [-0.2, 0) is 6.42 Å². The molecule has 39 heavy (non-hydrogen) atoms. The van der Waals surface area contributed by atoms with Crippen LogP contribution in [0.3, 0.4) is 0 Å². The van der Waals surface area contributed by atoms with Gasteiger partial charge >= 0.3 is 0 Å². The zero-order valence-electron chi connectivity index (χ0n) is 23.4. The van der Waals surface area contributed by atoms with E-state index in [4.69, 9.17) is 0 Å². The lowest BCUT2D eigenvalue weighted by Gasteiger charge is -2.40. The maximum Gasteiger partial charge on any atom is 0.253 e. The van der Waals surface area contributed by atoms with Crippen LogP contribution in [0.2, 0.25) is 0 Å². The molecule has 4 aromatic rings. The first kappa shape index (κ1) is 25.7. The van der Waals surface area contributed by atoms with E-state index in [1.807, 2.05) is 10.7 Å². The van der Waals surface area contributed by atoms with Crippen molar-refractivity contribution in [3.8, 4) is 0 Å². The molecule has 8 heteroatoms. The van der Waals surface area contributed by atoms with E-state index in [0.29, 0.717) is 0 Å². The second kappa shape index (κ2) is 10.9. The van der Waals surface area contributed by atoms with Crippen LogP contribution in [0, 0.1) is 13.8 Å². The summed E-state index contributed by atoms with van der Waals surface area (Å²) in [5.41, 5.74) is 6.65. The summed E-state index contributed by atoms with van der Waals surface area (Å²) in [6, 6.07) is 15.0. The number of fused-ring (bicyclic) bond motifs is 1. The number of nitrogens with one attached hydrogen (secondary N) is 1. The van der Waals surface area contributed by atoms with Gasteiger partial charge in [0.2, 0.25) is 0 Å². The van der Waals surface area contributed by atoms with Gasteiger partial charge in [-0.15, -0.1) is 5.10 Å². The van der Waals surface area contributed by atoms with Crippen LogP contribution in [0.1, 0.15) is 79.2 Å². The Kier molecular flexibility index (Phi) is 7.21. The molecular formula is C31H39N7O. The second-order valence-corrected chi connectivity index (χ2v) is 11.3. The molecule has 0 amide bonds. The minimum atomic E-state index is -0.305. The summed E-state index contributed by atoms with van der Waals surface area (Å²) >= 11 is 0. The van der Waals surface area contributed by atoms with E-state index in [9.17, 15) is 4.79 Å². The van der Waals surface area contributed by atoms with Gasteiger partial charge in [-0.1, -0.05) is 44.4 Å². The predicted octanol–water partition coefficient (Wildman–Crippen LogP) is 5.11. The van der Waals surface area contributed by atoms with Gasteiger partial charge in [-0.05, 0) is 89.9 Å². The van der Waals surface area contributed by atoms with Gasteiger partial charge in [-0.2, -0.15) is 0 Å². The molecule has 2 aromatic heterocycles. The monoisotopic (exact) mass is 525 g/mol. The van der Waals surface area contributed by atoms with E-state index >= 15 is 0 Å². The van der Waals surface area contributed by atoms with Gasteiger partial charge in [-0.25, -0.2) is 4.68 Å². The van der Waals surface area contributed by atoms with E-state index in [1.54, 1.807) is 0 Å². The predicted molar refractivity (Wildman–Crippen MR) is 155 cm³/mol. The van der Waals surface area contributed by atoms with Crippen molar-refractivity contribution < 1.29 is 0 Å². The van der Waals surface area contributed by atoms with Gasteiger partial charge in [0.05, 0.1) is 6.04 Å². The highest BCUT2D eigenvalue weighted by atomic mass is 16.1. The summed E-state index contributed by atoms with van der Waals surface area (Å²) in [4.78, 5) is 21.7.